The van der Waals surface area contributed by atoms with Crippen LogP contribution < -0.4 is 11.1 Å². The van der Waals surface area contributed by atoms with Gasteiger partial charge < -0.3 is 11.1 Å². The predicted molar refractivity (Wildman–Crippen MR) is 89.4 cm³/mol. The van der Waals surface area contributed by atoms with Crippen LogP contribution in [0.25, 0.3) is 10.9 Å². The van der Waals surface area contributed by atoms with Crippen molar-refractivity contribution in [3.05, 3.63) is 41.6 Å². The van der Waals surface area contributed by atoms with Crippen LogP contribution in [0.3, 0.4) is 0 Å². The van der Waals surface area contributed by atoms with Gasteiger partial charge >= 0.3 is 0 Å². The number of nitrogens with one attached hydrogen (secondary N) is 1. The fourth-order valence-corrected chi connectivity index (χ4v) is 2.33. The van der Waals surface area contributed by atoms with Crippen molar-refractivity contribution in [1.29, 1.82) is 0 Å². The van der Waals surface area contributed by atoms with Crippen LogP contribution in [0.15, 0.2) is 30.3 Å². The summed E-state index contributed by atoms with van der Waals surface area (Å²) in [6.45, 7) is 5.65. The number of nitrogens with zero attached hydrogens (tertiary/aromatic N) is 1. The normalized spacial score (nSPS) is 13.7. The molecule has 5 heteroatoms. The number of para-hydroxylation sites is 1. The second-order valence-corrected chi connectivity index (χ2v) is 5.77. The molecule has 2 aromatic rings. The minimum Gasteiger partial charge on any atom is -0.391 e. The summed E-state index contributed by atoms with van der Waals surface area (Å²) in [7, 11) is 0. The van der Waals surface area contributed by atoms with E-state index in [1.165, 1.54) is 0 Å². The summed E-state index contributed by atoms with van der Waals surface area (Å²) in [5.74, 6) is -0.186. The van der Waals surface area contributed by atoms with Crippen molar-refractivity contribution in [2.75, 3.05) is 0 Å². The van der Waals surface area contributed by atoms with E-state index in [-0.39, 0.29) is 10.9 Å². The Labute approximate surface area is 129 Å². The molecule has 0 saturated heterocycles. The molecular formula is C16H19N3OS. The fraction of sp³-hybridized carbons (Fsp3) is 0.312. The minimum absolute atomic E-state index is 0.186. The van der Waals surface area contributed by atoms with Gasteiger partial charge in [0.15, 0.2) is 0 Å². The third kappa shape index (κ3) is 3.03. The van der Waals surface area contributed by atoms with Gasteiger partial charge in [0.1, 0.15) is 0 Å². The number of carbonyl (C=O) groups excluding carboxylic acids is 1. The molecule has 0 fully saturated rings. The molecule has 0 aliphatic rings. The minimum atomic E-state index is -0.690. The fourth-order valence-electron chi connectivity index (χ4n) is 2.14. The first kappa shape index (κ1) is 15.4. The smallest absolute Gasteiger partial charge is 0.252 e. The van der Waals surface area contributed by atoms with Crippen LogP contribution >= 0.6 is 12.2 Å². The first-order chi connectivity index (χ1) is 9.87. The molecule has 0 bridgehead atoms. The van der Waals surface area contributed by atoms with E-state index in [9.17, 15) is 4.79 Å². The van der Waals surface area contributed by atoms with Crippen LogP contribution in [0.4, 0.5) is 0 Å². The zero-order valence-corrected chi connectivity index (χ0v) is 13.3. The molecule has 1 unspecified atom stereocenters. The Morgan fingerprint density at radius 1 is 1.43 bits per heavy atom. The van der Waals surface area contributed by atoms with E-state index in [0.29, 0.717) is 12.0 Å². The number of aromatic nitrogens is 1. The van der Waals surface area contributed by atoms with Crippen LogP contribution in [-0.4, -0.2) is 21.4 Å². The highest BCUT2D eigenvalue weighted by molar-refractivity contribution is 7.80. The van der Waals surface area contributed by atoms with Gasteiger partial charge in [-0.05, 0) is 32.4 Å². The number of carbonyl (C=O) groups is 1. The molecule has 1 aromatic heterocycles. The number of rotatable bonds is 4. The summed E-state index contributed by atoms with van der Waals surface area (Å²) in [6, 6.07) is 9.37. The topological polar surface area (TPSA) is 68.0 Å². The van der Waals surface area contributed by atoms with E-state index < -0.39 is 5.54 Å². The van der Waals surface area contributed by atoms with Crippen LogP contribution in [0.2, 0.25) is 0 Å². The van der Waals surface area contributed by atoms with Crippen molar-refractivity contribution in [2.24, 2.45) is 5.73 Å². The molecule has 21 heavy (non-hydrogen) atoms. The Bertz CT molecular complexity index is 714. The summed E-state index contributed by atoms with van der Waals surface area (Å²) in [5.41, 5.74) is 7.26. The number of thiocarbonyl (C=S) groups is 1. The standard InChI is InChI=1S/C16H19N3OS/c1-4-16(3,15(17)21)19-14(20)12-9-10(2)18-13-8-6-5-7-11(12)13/h5-9H,4H2,1-3H3,(H2,17,21)(H,19,20). The summed E-state index contributed by atoms with van der Waals surface area (Å²) >= 11 is 5.07. The van der Waals surface area contributed by atoms with Gasteiger partial charge in [-0.3, -0.25) is 9.78 Å². The number of amides is 1. The molecular weight excluding hydrogens is 282 g/mol. The largest absolute Gasteiger partial charge is 0.391 e. The molecule has 0 aliphatic carbocycles. The highest BCUT2D eigenvalue weighted by Crippen LogP contribution is 2.19. The second kappa shape index (κ2) is 5.77. The highest BCUT2D eigenvalue weighted by Gasteiger charge is 2.28. The van der Waals surface area contributed by atoms with Gasteiger partial charge in [0, 0.05) is 11.1 Å². The lowest BCUT2D eigenvalue weighted by molar-refractivity contribution is 0.0928. The molecule has 1 amide bonds. The summed E-state index contributed by atoms with van der Waals surface area (Å²) in [6.07, 6.45) is 0.635. The number of pyridine rings is 1. The first-order valence-corrected chi connectivity index (χ1v) is 7.27. The van der Waals surface area contributed by atoms with E-state index in [1.54, 1.807) is 6.07 Å². The van der Waals surface area contributed by atoms with Crippen LogP contribution in [0.5, 0.6) is 0 Å². The quantitative estimate of drug-likeness (QED) is 0.852. The molecule has 0 radical (unpaired) electrons. The van der Waals surface area contributed by atoms with Gasteiger partial charge in [0.05, 0.1) is 21.6 Å². The third-order valence-corrected chi connectivity index (χ3v) is 4.18. The average molecular weight is 301 g/mol. The average Bonchev–Trinajstić information content (AvgIpc) is 2.45. The van der Waals surface area contributed by atoms with E-state index in [0.717, 1.165) is 16.6 Å². The van der Waals surface area contributed by atoms with Crippen LogP contribution in [0.1, 0.15) is 36.3 Å². The Kier molecular flexibility index (Phi) is 4.23. The highest BCUT2D eigenvalue weighted by atomic mass is 32.1. The molecule has 2 rings (SSSR count). The Balaban J connectivity index is 2.47. The monoisotopic (exact) mass is 301 g/mol. The molecule has 3 N–H and O–H groups in total. The SMILES string of the molecule is CCC(C)(NC(=O)c1cc(C)nc2ccccc12)C(N)=S. The number of benzene rings is 1. The van der Waals surface area contributed by atoms with Gasteiger partial charge in [0.25, 0.3) is 5.91 Å². The van der Waals surface area contributed by atoms with E-state index in [4.69, 9.17) is 18.0 Å². The second-order valence-electron chi connectivity index (χ2n) is 5.33. The van der Waals surface area contributed by atoms with Crippen LogP contribution in [-0.2, 0) is 0 Å². The van der Waals surface area contributed by atoms with Crippen molar-refractivity contribution in [3.63, 3.8) is 0 Å². The van der Waals surface area contributed by atoms with Crippen molar-refractivity contribution in [3.8, 4) is 0 Å². The van der Waals surface area contributed by atoms with E-state index >= 15 is 0 Å². The number of hydrogen-bond donors (Lipinski definition) is 2. The van der Waals surface area contributed by atoms with Crippen LogP contribution in [0, 0.1) is 6.92 Å². The van der Waals surface area contributed by atoms with E-state index in [1.807, 2.05) is 45.0 Å². The lowest BCUT2D eigenvalue weighted by Gasteiger charge is -2.28. The summed E-state index contributed by atoms with van der Waals surface area (Å²) in [4.78, 5) is 17.4. The lowest BCUT2D eigenvalue weighted by Crippen LogP contribution is -2.54. The molecule has 110 valence electrons. The molecule has 0 spiro atoms. The van der Waals surface area contributed by atoms with Gasteiger partial charge in [-0.25, -0.2) is 0 Å². The molecule has 0 saturated carbocycles. The molecule has 0 aliphatic heterocycles. The first-order valence-electron chi connectivity index (χ1n) is 6.86. The molecule has 1 atom stereocenters. The molecule has 1 aromatic carbocycles. The predicted octanol–water partition coefficient (Wildman–Crippen LogP) is 2.73. The zero-order valence-electron chi connectivity index (χ0n) is 12.4. The Hall–Kier alpha value is -2.01. The number of hydrogen-bond acceptors (Lipinski definition) is 3. The van der Waals surface area contributed by atoms with Crippen molar-refractivity contribution in [1.82, 2.24) is 10.3 Å². The number of aryl methyl sites for hydroxylation is 1. The maximum absolute atomic E-state index is 12.6. The van der Waals surface area contributed by atoms with Crippen molar-refractivity contribution < 1.29 is 4.79 Å². The van der Waals surface area contributed by atoms with Gasteiger partial charge in [0.2, 0.25) is 0 Å². The number of fused-ring (bicyclic) bond motifs is 1. The lowest BCUT2D eigenvalue weighted by atomic mass is 9.97. The molecule has 1 heterocycles. The Morgan fingerprint density at radius 2 is 2.10 bits per heavy atom. The van der Waals surface area contributed by atoms with Crippen molar-refractivity contribution in [2.45, 2.75) is 32.7 Å². The van der Waals surface area contributed by atoms with Gasteiger partial charge in [-0.15, -0.1) is 0 Å². The van der Waals surface area contributed by atoms with Crippen molar-refractivity contribution >= 4 is 34.0 Å². The maximum Gasteiger partial charge on any atom is 0.252 e. The van der Waals surface area contributed by atoms with E-state index in [2.05, 4.69) is 10.3 Å². The summed E-state index contributed by atoms with van der Waals surface area (Å²) in [5, 5.41) is 3.77. The van der Waals surface area contributed by atoms with Gasteiger partial charge in [-0.2, -0.15) is 0 Å². The summed E-state index contributed by atoms with van der Waals surface area (Å²) < 4.78 is 0. The third-order valence-electron chi connectivity index (χ3n) is 3.73. The van der Waals surface area contributed by atoms with Gasteiger partial charge in [-0.1, -0.05) is 37.3 Å². The zero-order chi connectivity index (χ0) is 15.6. The number of nitrogens with two attached hydrogens (primary N) is 1. The maximum atomic E-state index is 12.6. The molecule has 4 nitrogen and oxygen atoms in total. The Morgan fingerprint density at radius 3 is 2.71 bits per heavy atom.